The highest BCUT2D eigenvalue weighted by Gasteiger charge is 2.19. The van der Waals surface area contributed by atoms with Crippen molar-refractivity contribution in [3.05, 3.63) is 23.8 Å². The second-order valence-electron chi connectivity index (χ2n) is 5.21. The van der Waals surface area contributed by atoms with E-state index in [4.69, 9.17) is 5.73 Å². The monoisotopic (exact) mass is 261 g/mol. The molecule has 1 aromatic carbocycles. The van der Waals surface area contributed by atoms with Crippen LogP contribution in [0.25, 0.3) is 10.2 Å². The van der Waals surface area contributed by atoms with Crippen LogP contribution in [-0.2, 0) is 6.54 Å². The van der Waals surface area contributed by atoms with Gasteiger partial charge in [-0.15, -0.1) is 0 Å². The molecule has 18 heavy (non-hydrogen) atoms. The number of nitrogen functional groups attached to an aromatic ring is 1. The number of aromatic nitrogens is 1. The normalized spacial score (nSPS) is 17.0. The van der Waals surface area contributed by atoms with E-state index in [1.807, 2.05) is 0 Å². The van der Waals surface area contributed by atoms with Crippen molar-refractivity contribution in [3.63, 3.8) is 0 Å². The third-order valence-electron chi connectivity index (χ3n) is 3.85. The smallest absolute Gasteiger partial charge is 0.181 e. The zero-order valence-electron chi connectivity index (χ0n) is 10.7. The summed E-state index contributed by atoms with van der Waals surface area (Å²) in [5, 5.41) is 0.659. The van der Waals surface area contributed by atoms with E-state index in [2.05, 4.69) is 35.1 Å². The molecular formula is C14H19N3S. The van der Waals surface area contributed by atoms with Crippen molar-refractivity contribution in [1.82, 2.24) is 9.88 Å². The van der Waals surface area contributed by atoms with Gasteiger partial charge >= 0.3 is 0 Å². The lowest BCUT2D eigenvalue weighted by atomic mass is 10.1. The van der Waals surface area contributed by atoms with Gasteiger partial charge in [0.15, 0.2) is 5.13 Å². The lowest BCUT2D eigenvalue weighted by Gasteiger charge is -2.23. The van der Waals surface area contributed by atoms with E-state index < -0.39 is 0 Å². The van der Waals surface area contributed by atoms with Gasteiger partial charge in [-0.3, -0.25) is 4.90 Å². The number of fused-ring (bicyclic) bond motifs is 1. The molecule has 1 heterocycles. The summed E-state index contributed by atoms with van der Waals surface area (Å²) in [4.78, 5) is 6.78. The molecule has 0 unspecified atom stereocenters. The van der Waals surface area contributed by atoms with Crippen LogP contribution >= 0.6 is 11.3 Å². The Morgan fingerprint density at radius 1 is 1.39 bits per heavy atom. The van der Waals surface area contributed by atoms with Crippen LogP contribution in [0.1, 0.15) is 31.2 Å². The van der Waals surface area contributed by atoms with Gasteiger partial charge < -0.3 is 5.73 Å². The van der Waals surface area contributed by atoms with Crippen LogP contribution in [0.4, 0.5) is 5.13 Å². The number of hydrogen-bond donors (Lipinski definition) is 1. The summed E-state index contributed by atoms with van der Waals surface area (Å²) in [5.74, 6) is 0. The van der Waals surface area contributed by atoms with Crippen molar-refractivity contribution < 1.29 is 0 Å². The first-order chi connectivity index (χ1) is 8.72. The zero-order chi connectivity index (χ0) is 12.5. The molecule has 0 atom stereocenters. The van der Waals surface area contributed by atoms with Gasteiger partial charge in [-0.05, 0) is 37.6 Å². The predicted octanol–water partition coefficient (Wildman–Crippen LogP) is 3.25. The number of anilines is 1. The average Bonchev–Trinajstić information content (AvgIpc) is 2.95. The number of thiazole rings is 1. The third-order valence-corrected chi connectivity index (χ3v) is 4.70. The minimum absolute atomic E-state index is 0.659. The van der Waals surface area contributed by atoms with Gasteiger partial charge in [0, 0.05) is 12.6 Å². The highest BCUT2D eigenvalue weighted by atomic mass is 32.1. The number of benzene rings is 1. The van der Waals surface area contributed by atoms with Gasteiger partial charge in [0.2, 0.25) is 0 Å². The van der Waals surface area contributed by atoms with Crippen LogP contribution in [-0.4, -0.2) is 23.0 Å². The Morgan fingerprint density at radius 3 is 2.94 bits per heavy atom. The highest BCUT2D eigenvalue weighted by Crippen LogP contribution is 2.27. The second kappa shape index (κ2) is 4.86. The molecule has 1 aliphatic rings. The quantitative estimate of drug-likeness (QED) is 0.922. The van der Waals surface area contributed by atoms with Crippen molar-refractivity contribution >= 4 is 26.7 Å². The van der Waals surface area contributed by atoms with Crippen molar-refractivity contribution in [1.29, 1.82) is 0 Å². The largest absolute Gasteiger partial charge is 0.375 e. The van der Waals surface area contributed by atoms with Gasteiger partial charge in [-0.1, -0.05) is 30.2 Å². The summed E-state index contributed by atoms with van der Waals surface area (Å²) in [5.41, 5.74) is 8.12. The summed E-state index contributed by atoms with van der Waals surface area (Å²) in [6, 6.07) is 7.26. The fraction of sp³-hybridized carbons (Fsp3) is 0.500. The van der Waals surface area contributed by atoms with Crippen LogP contribution < -0.4 is 5.73 Å². The van der Waals surface area contributed by atoms with Gasteiger partial charge in [0.1, 0.15) is 0 Å². The first-order valence-corrected chi connectivity index (χ1v) is 7.39. The molecule has 0 aliphatic heterocycles. The maximum atomic E-state index is 5.74. The number of rotatable bonds is 3. The molecule has 1 fully saturated rings. The molecule has 1 saturated carbocycles. The molecule has 0 bridgehead atoms. The van der Waals surface area contributed by atoms with Crippen LogP contribution in [0.15, 0.2) is 18.2 Å². The van der Waals surface area contributed by atoms with E-state index in [9.17, 15) is 0 Å². The fourth-order valence-corrected chi connectivity index (χ4v) is 3.65. The molecule has 0 radical (unpaired) electrons. The van der Waals surface area contributed by atoms with Gasteiger partial charge in [0.25, 0.3) is 0 Å². The Bertz CT molecular complexity index is 543. The van der Waals surface area contributed by atoms with Gasteiger partial charge in [0.05, 0.1) is 10.2 Å². The fourth-order valence-electron chi connectivity index (χ4n) is 2.85. The molecule has 2 aromatic rings. The summed E-state index contributed by atoms with van der Waals surface area (Å²) in [7, 11) is 2.24. The Kier molecular flexibility index (Phi) is 3.22. The summed E-state index contributed by atoms with van der Waals surface area (Å²) in [6.45, 7) is 1.03. The van der Waals surface area contributed by atoms with Crippen molar-refractivity contribution in [3.8, 4) is 0 Å². The first-order valence-electron chi connectivity index (χ1n) is 6.57. The summed E-state index contributed by atoms with van der Waals surface area (Å²) >= 11 is 1.57. The van der Waals surface area contributed by atoms with Crippen molar-refractivity contribution in [2.24, 2.45) is 0 Å². The van der Waals surface area contributed by atoms with Crippen molar-refractivity contribution in [2.45, 2.75) is 38.3 Å². The Hall–Kier alpha value is -1.13. The van der Waals surface area contributed by atoms with Gasteiger partial charge in [-0.2, -0.15) is 0 Å². The molecule has 3 nitrogen and oxygen atoms in total. The van der Waals surface area contributed by atoms with E-state index in [1.165, 1.54) is 35.9 Å². The minimum Gasteiger partial charge on any atom is -0.375 e. The van der Waals surface area contributed by atoms with Crippen LogP contribution in [0.2, 0.25) is 0 Å². The van der Waals surface area contributed by atoms with E-state index >= 15 is 0 Å². The number of nitrogens with two attached hydrogens (primary N) is 1. The van der Waals surface area contributed by atoms with E-state index in [0.29, 0.717) is 5.13 Å². The van der Waals surface area contributed by atoms with Crippen molar-refractivity contribution in [2.75, 3.05) is 12.8 Å². The zero-order valence-corrected chi connectivity index (χ0v) is 11.5. The summed E-state index contributed by atoms with van der Waals surface area (Å²) < 4.78 is 1.20. The number of hydrogen-bond acceptors (Lipinski definition) is 4. The molecule has 4 heteroatoms. The van der Waals surface area contributed by atoms with Crippen LogP contribution in [0, 0.1) is 0 Å². The molecule has 3 rings (SSSR count). The lowest BCUT2D eigenvalue weighted by molar-refractivity contribution is 0.237. The number of nitrogens with zero attached hydrogens (tertiary/aromatic N) is 2. The second-order valence-corrected chi connectivity index (χ2v) is 6.27. The topological polar surface area (TPSA) is 42.2 Å². The first kappa shape index (κ1) is 11.9. The molecule has 96 valence electrons. The molecule has 1 aromatic heterocycles. The summed E-state index contributed by atoms with van der Waals surface area (Å²) in [6.07, 6.45) is 5.48. The van der Waals surface area contributed by atoms with E-state index in [1.54, 1.807) is 11.3 Å². The highest BCUT2D eigenvalue weighted by molar-refractivity contribution is 7.22. The molecule has 0 saturated heterocycles. The molecule has 0 amide bonds. The predicted molar refractivity (Wildman–Crippen MR) is 77.8 cm³/mol. The Labute approximate surface area is 112 Å². The average molecular weight is 261 g/mol. The van der Waals surface area contributed by atoms with Crippen LogP contribution in [0.5, 0.6) is 0 Å². The minimum atomic E-state index is 0.659. The van der Waals surface area contributed by atoms with E-state index in [0.717, 1.165) is 18.1 Å². The standard InChI is InChI=1S/C14H19N3S/c1-17(11-4-2-3-5-11)9-10-6-7-12-13(8-10)18-14(15)16-12/h6-8,11H,2-5,9H2,1H3,(H2,15,16). The molecule has 0 spiro atoms. The maximum absolute atomic E-state index is 5.74. The third kappa shape index (κ3) is 2.35. The van der Waals surface area contributed by atoms with Crippen LogP contribution in [0.3, 0.4) is 0 Å². The molecular weight excluding hydrogens is 242 g/mol. The molecule has 1 aliphatic carbocycles. The Balaban J connectivity index is 1.77. The van der Waals surface area contributed by atoms with Gasteiger partial charge in [-0.25, -0.2) is 4.98 Å². The SMILES string of the molecule is CN(Cc1ccc2nc(N)sc2c1)C1CCCC1. The van der Waals surface area contributed by atoms with E-state index in [-0.39, 0.29) is 0 Å². The maximum Gasteiger partial charge on any atom is 0.181 e. The lowest BCUT2D eigenvalue weighted by Crippen LogP contribution is -2.28. The Morgan fingerprint density at radius 2 is 2.17 bits per heavy atom. The molecule has 2 N–H and O–H groups in total.